The summed E-state index contributed by atoms with van der Waals surface area (Å²) in [6, 6.07) is 12.1. The molecule has 3 atom stereocenters. The molecular formula is C18H15ClF2N2. The van der Waals surface area contributed by atoms with Crippen molar-refractivity contribution in [2.45, 2.75) is 24.9 Å². The first kappa shape index (κ1) is 15.9. The van der Waals surface area contributed by atoms with Gasteiger partial charge in [-0.3, -0.25) is 5.32 Å². The van der Waals surface area contributed by atoms with Gasteiger partial charge in [-0.2, -0.15) is 5.26 Å². The summed E-state index contributed by atoms with van der Waals surface area (Å²) in [6.07, 6.45) is 0. The molecule has 1 heterocycles. The lowest BCUT2D eigenvalue weighted by Gasteiger charge is -2.41. The lowest BCUT2D eigenvalue weighted by atomic mass is 9.78. The number of nitriles is 1. The van der Waals surface area contributed by atoms with Crippen LogP contribution in [0.15, 0.2) is 36.4 Å². The molecule has 0 aromatic heterocycles. The predicted octanol–water partition coefficient (Wildman–Crippen LogP) is 4.37. The fourth-order valence-corrected chi connectivity index (χ4v) is 3.15. The van der Waals surface area contributed by atoms with E-state index in [4.69, 9.17) is 16.9 Å². The number of alkyl halides is 1. The van der Waals surface area contributed by atoms with Crippen LogP contribution in [0.5, 0.6) is 0 Å². The minimum absolute atomic E-state index is 0.122. The van der Waals surface area contributed by atoms with Gasteiger partial charge < -0.3 is 0 Å². The van der Waals surface area contributed by atoms with Crippen LogP contribution in [0, 0.1) is 24.1 Å². The molecule has 1 saturated heterocycles. The fraction of sp³-hybridized carbons (Fsp3) is 0.278. The Labute approximate surface area is 138 Å². The van der Waals surface area contributed by atoms with Crippen molar-refractivity contribution in [1.29, 1.82) is 5.26 Å². The van der Waals surface area contributed by atoms with Crippen LogP contribution in [0.3, 0.4) is 0 Å². The zero-order valence-corrected chi connectivity index (χ0v) is 13.2. The molecule has 0 radical (unpaired) electrons. The van der Waals surface area contributed by atoms with Crippen LogP contribution in [0.4, 0.5) is 8.78 Å². The van der Waals surface area contributed by atoms with Crippen molar-refractivity contribution in [2.75, 3.05) is 6.67 Å². The molecule has 0 spiro atoms. The van der Waals surface area contributed by atoms with Crippen molar-refractivity contribution >= 4 is 11.6 Å². The van der Waals surface area contributed by atoms with Crippen molar-refractivity contribution in [3.8, 4) is 17.2 Å². The van der Waals surface area contributed by atoms with Crippen LogP contribution in [-0.2, 0) is 0 Å². The maximum absolute atomic E-state index is 14.3. The third kappa shape index (κ3) is 2.71. The quantitative estimate of drug-likeness (QED) is 0.905. The van der Waals surface area contributed by atoms with Crippen molar-refractivity contribution < 1.29 is 8.78 Å². The Morgan fingerprint density at radius 1 is 1.22 bits per heavy atom. The van der Waals surface area contributed by atoms with E-state index in [1.807, 2.05) is 12.1 Å². The summed E-state index contributed by atoms with van der Waals surface area (Å²) in [6.45, 7) is 1.23. The smallest absolute Gasteiger partial charge is 0.149 e. The third-order valence-electron chi connectivity index (χ3n) is 4.37. The van der Waals surface area contributed by atoms with Gasteiger partial charge in [0.25, 0.3) is 0 Å². The largest absolute Gasteiger partial charge is 0.295 e. The lowest BCUT2D eigenvalue weighted by Crippen LogP contribution is -2.59. The number of nitrogens with one attached hydrogen (secondary N) is 1. The highest BCUT2D eigenvalue weighted by atomic mass is 35.5. The molecule has 1 N–H and O–H groups in total. The molecule has 1 aliphatic rings. The van der Waals surface area contributed by atoms with E-state index in [-0.39, 0.29) is 23.0 Å². The van der Waals surface area contributed by atoms with Crippen LogP contribution in [-0.4, -0.2) is 18.8 Å². The van der Waals surface area contributed by atoms with Gasteiger partial charge in [-0.1, -0.05) is 48.0 Å². The number of aryl methyl sites for hydroxylation is 1. The standard InChI is InChI=1S/C18H15ClF2N2/c1-10-2-7-13(18(21)17(10)19)11-3-5-12(6-4-11)16-14(8-20)23-15(16)9-22/h2-7,14-16,23H,8H2,1H3/t14-,15-,16+/m0/s1. The summed E-state index contributed by atoms with van der Waals surface area (Å²) < 4.78 is 27.2. The second-order valence-electron chi connectivity index (χ2n) is 5.74. The molecule has 0 aliphatic carbocycles. The molecule has 23 heavy (non-hydrogen) atoms. The molecular weight excluding hydrogens is 318 g/mol. The van der Waals surface area contributed by atoms with Crippen molar-refractivity contribution in [2.24, 2.45) is 0 Å². The number of halogens is 3. The van der Waals surface area contributed by atoms with E-state index in [1.165, 1.54) is 0 Å². The molecule has 1 aliphatic heterocycles. The van der Waals surface area contributed by atoms with Crippen LogP contribution < -0.4 is 5.32 Å². The van der Waals surface area contributed by atoms with E-state index >= 15 is 0 Å². The Hall–Kier alpha value is -1.96. The average Bonchev–Trinajstić information content (AvgIpc) is 2.54. The molecule has 118 valence electrons. The number of hydrogen-bond donors (Lipinski definition) is 1. The average molecular weight is 333 g/mol. The highest BCUT2D eigenvalue weighted by Crippen LogP contribution is 2.35. The van der Waals surface area contributed by atoms with Crippen LogP contribution >= 0.6 is 11.6 Å². The molecule has 5 heteroatoms. The van der Waals surface area contributed by atoms with Gasteiger partial charge in [-0.15, -0.1) is 0 Å². The Balaban J connectivity index is 1.91. The van der Waals surface area contributed by atoms with Crippen LogP contribution in [0.1, 0.15) is 17.0 Å². The fourth-order valence-electron chi connectivity index (χ4n) is 2.99. The number of nitrogens with zero attached hydrogens (tertiary/aromatic N) is 1. The summed E-state index contributed by atoms with van der Waals surface area (Å²) in [5.41, 5.74) is 2.69. The summed E-state index contributed by atoms with van der Waals surface area (Å²) in [4.78, 5) is 0. The number of rotatable bonds is 3. The first-order valence-corrected chi connectivity index (χ1v) is 7.71. The summed E-state index contributed by atoms with van der Waals surface area (Å²) in [5, 5.41) is 12.1. The lowest BCUT2D eigenvalue weighted by molar-refractivity contribution is 0.210. The van der Waals surface area contributed by atoms with E-state index in [9.17, 15) is 8.78 Å². The molecule has 0 amide bonds. The molecule has 2 aromatic carbocycles. The maximum atomic E-state index is 14.3. The molecule has 2 aromatic rings. The molecule has 2 nitrogen and oxygen atoms in total. The first-order chi connectivity index (χ1) is 11.1. The molecule has 0 saturated carbocycles. The van der Waals surface area contributed by atoms with E-state index in [0.29, 0.717) is 16.7 Å². The topological polar surface area (TPSA) is 35.8 Å². The second kappa shape index (κ2) is 6.27. The van der Waals surface area contributed by atoms with Crippen molar-refractivity contribution in [3.05, 3.63) is 58.4 Å². The Morgan fingerprint density at radius 3 is 2.52 bits per heavy atom. The van der Waals surface area contributed by atoms with E-state index in [0.717, 1.165) is 5.56 Å². The van der Waals surface area contributed by atoms with Gasteiger partial charge in [0, 0.05) is 17.5 Å². The van der Waals surface area contributed by atoms with Gasteiger partial charge in [0.1, 0.15) is 18.5 Å². The van der Waals surface area contributed by atoms with E-state index in [2.05, 4.69) is 11.4 Å². The van der Waals surface area contributed by atoms with Gasteiger partial charge in [0.05, 0.1) is 11.1 Å². The molecule has 1 fully saturated rings. The van der Waals surface area contributed by atoms with Gasteiger partial charge in [0.15, 0.2) is 0 Å². The van der Waals surface area contributed by atoms with E-state index in [1.54, 1.807) is 31.2 Å². The molecule has 3 rings (SSSR count). The second-order valence-corrected chi connectivity index (χ2v) is 6.12. The number of benzene rings is 2. The van der Waals surface area contributed by atoms with Gasteiger partial charge in [0.2, 0.25) is 0 Å². The normalized spacial score (nSPS) is 23.2. The Bertz CT molecular complexity index is 768. The molecule has 0 bridgehead atoms. The molecule has 0 unspecified atom stereocenters. The Morgan fingerprint density at radius 2 is 1.91 bits per heavy atom. The van der Waals surface area contributed by atoms with Gasteiger partial charge >= 0.3 is 0 Å². The minimum Gasteiger partial charge on any atom is -0.295 e. The van der Waals surface area contributed by atoms with Crippen molar-refractivity contribution in [3.63, 3.8) is 0 Å². The zero-order valence-electron chi connectivity index (χ0n) is 12.5. The maximum Gasteiger partial charge on any atom is 0.149 e. The number of hydrogen-bond acceptors (Lipinski definition) is 2. The SMILES string of the molecule is Cc1ccc(-c2ccc([C@H]3[C@H](C#N)N[C@H]3CF)cc2)c(F)c1Cl. The van der Waals surface area contributed by atoms with Crippen LogP contribution in [0.2, 0.25) is 5.02 Å². The Kier molecular flexibility index (Phi) is 4.34. The van der Waals surface area contributed by atoms with Gasteiger partial charge in [-0.25, -0.2) is 8.78 Å². The monoisotopic (exact) mass is 332 g/mol. The van der Waals surface area contributed by atoms with Crippen LogP contribution in [0.25, 0.3) is 11.1 Å². The van der Waals surface area contributed by atoms with Gasteiger partial charge in [-0.05, 0) is 23.6 Å². The summed E-state index contributed by atoms with van der Waals surface area (Å²) >= 11 is 5.96. The summed E-state index contributed by atoms with van der Waals surface area (Å²) in [5.74, 6) is -0.619. The minimum atomic E-state index is -0.521. The first-order valence-electron chi connectivity index (χ1n) is 7.33. The highest BCUT2D eigenvalue weighted by molar-refractivity contribution is 6.31. The zero-order chi connectivity index (χ0) is 16.6. The highest BCUT2D eigenvalue weighted by Gasteiger charge is 2.41. The predicted molar refractivity (Wildman–Crippen MR) is 86.6 cm³/mol. The third-order valence-corrected chi connectivity index (χ3v) is 4.84. The van der Waals surface area contributed by atoms with E-state index < -0.39 is 12.5 Å². The van der Waals surface area contributed by atoms with Crippen molar-refractivity contribution in [1.82, 2.24) is 5.32 Å². The summed E-state index contributed by atoms with van der Waals surface area (Å²) in [7, 11) is 0.